The second-order valence-electron chi connectivity index (χ2n) is 4.02. The standard InChI is InChI=1S/C14H13BrFN3O/c1-2-17-13-12(16)11(6-7-18-13)14(20)19-10-5-3-4-9(15)8-10/h3-8H,2H2,1H3,(H,17,18)(H,19,20). The number of rotatable bonds is 4. The maximum absolute atomic E-state index is 14.1. The van der Waals surface area contributed by atoms with Gasteiger partial charge in [-0.3, -0.25) is 4.79 Å². The summed E-state index contributed by atoms with van der Waals surface area (Å²) in [5.41, 5.74) is 0.543. The smallest absolute Gasteiger partial charge is 0.258 e. The molecule has 1 heterocycles. The summed E-state index contributed by atoms with van der Waals surface area (Å²) in [6.07, 6.45) is 1.40. The molecule has 104 valence electrons. The zero-order valence-corrected chi connectivity index (χ0v) is 12.4. The molecule has 2 N–H and O–H groups in total. The first-order valence-electron chi connectivity index (χ1n) is 6.07. The van der Waals surface area contributed by atoms with E-state index in [4.69, 9.17) is 0 Å². The Bertz CT molecular complexity index is 634. The molecule has 0 saturated heterocycles. The van der Waals surface area contributed by atoms with Gasteiger partial charge >= 0.3 is 0 Å². The molecule has 1 aromatic carbocycles. The highest BCUT2D eigenvalue weighted by Crippen LogP contribution is 2.19. The Balaban J connectivity index is 2.23. The molecule has 0 bridgehead atoms. The van der Waals surface area contributed by atoms with Gasteiger partial charge in [-0.15, -0.1) is 0 Å². The molecule has 20 heavy (non-hydrogen) atoms. The van der Waals surface area contributed by atoms with Gasteiger partial charge in [0.05, 0.1) is 5.56 Å². The van der Waals surface area contributed by atoms with Crippen LogP contribution in [-0.4, -0.2) is 17.4 Å². The van der Waals surface area contributed by atoms with Crippen molar-refractivity contribution in [2.75, 3.05) is 17.2 Å². The first kappa shape index (κ1) is 14.5. The van der Waals surface area contributed by atoms with E-state index in [2.05, 4.69) is 31.5 Å². The minimum Gasteiger partial charge on any atom is -0.368 e. The van der Waals surface area contributed by atoms with Crippen molar-refractivity contribution in [1.82, 2.24) is 4.98 Å². The fraction of sp³-hybridized carbons (Fsp3) is 0.143. The molecule has 0 spiro atoms. The summed E-state index contributed by atoms with van der Waals surface area (Å²) >= 11 is 3.31. The molecule has 1 amide bonds. The summed E-state index contributed by atoms with van der Waals surface area (Å²) < 4.78 is 14.9. The number of anilines is 2. The molecule has 1 aromatic heterocycles. The van der Waals surface area contributed by atoms with E-state index >= 15 is 0 Å². The molecular formula is C14H13BrFN3O. The van der Waals surface area contributed by atoms with Crippen LogP contribution in [0.2, 0.25) is 0 Å². The Hall–Kier alpha value is -1.95. The van der Waals surface area contributed by atoms with Gasteiger partial charge in [0.25, 0.3) is 5.91 Å². The predicted molar refractivity (Wildman–Crippen MR) is 80.5 cm³/mol. The second kappa shape index (κ2) is 6.47. The summed E-state index contributed by atoms with van der Waals surface area (Å²) in [7, 11) is 0. The Kier molecular flexibility index (Phi) is 4.68. The van der Waals surface area contributed by atoms with Crippen LogP contribution in [0, 0.1) is 5.82 Å². The lowest BCUT2D eigenvalue weighted by Crippen LogP contribution is -2.15. The van der Waals surface area contributed by atoms with Gasteiger partial charge in [0, 0.05) is 22.9 Å². The van der Waals surface area contributed by atoms with Crippen molar-refractivity contribution in [3.8, 4) is 0 Å². The van der Waals surface area contributed by atoms with E-state index < -0.39 is 11.7 Å². The zero-order valence-electron chi connectivity index (χ0n) is 10.8. The number of aromatic nitrogens is 1. The maximum Gasteiger partial charge on any atom is 0.258 e. The number of hydrogen-bond donors (Lipinski definition) is 2. The molecule has 0 radical (unpaired) electrons. The van der Waals surface area contributed by atoms with Gasteiger partial charge in [0.1, 0.15) is 0 Å². The normalized spacial score (nSPS) is 10.2. The number of amides is 1. The quantitative estimate of drug-likeness (QED) is 0.894. The molecule has 0 unspecified atom stereocenters. The third kappa shape index (κ3) is 3.33. The molecule has 2 aromatic rings. The van der Waals surface area contributed by atoms with Gasteiger partial charge < -0.3 is 10.6 Å². The van der Waals surface area contributed by atoms with Crippen molar-refractivity contribution in [2.24, 2.45) is 0 Å². The Morgan fingerprint density at radius 1 is 1.40 bits per heavy atom. The number of benzene rings is 1. The number of nitrogens with one attached hydrogen (secondary N) is 2. The van der Waals surface area contributed by atoms with Gasteiger partial charge in [-0.05, 0) is 31.2 Å². The first-order valence-corrected chi connectivity index (χ1v) is 6.86. The molecule has 0 atom stereocenters. The largest absolute Gasteiger partial charge is 0.368 e. The van der Waals surface area contributed by atoms with E-state index in [-0.39, 0.29) is 11.4 Å². The number of halogens is 2. The highest BCUT2D eigenvalue weighted by atomic mass is 79.9. The average Bonchev–Trinajstić information content (AvgIpc) is 2.41. The van der Waals surface area contributed by atoms with Crippen LogP contribution < -0.4 is 10.6 Å². The van der Waals surface area contributed by atoms with Crippen LogP contribution in [0.4, 0.5) is 15.9 Å². The number of carbonyl (C=O) groups is 1. The van der Waals surface area contributed by atoms with Crippen LogP contribution in [0.25, 0.3) is 0 Å². The third-order valence-corrected chi connectivity index (χ3v) is 3.05. The van der Waals surface area contributed by atoms with E-state index in [0.717, 1.165) is 4.47 Å². The van der Waals surface area contributed by atoms with Crippen molar-refractivity contribution < 1.29 is 9.18 Å². The van der Waals surface area contributed by atoms with Gasteiger partial charge in [-0.1, -0.05) is 22.0 Å². The molecule has 2 rings (SSSR count). The molecule has 0 fully saturated rings. The van der Waals surface area contributed by atoms with Crippen LogP contribution in [0.5, 0.6) is 0 Å². The molecule has 0 aliphatic rings. The Morgan fingerprint density at radius 3 is 2.90 bits per heavy atom. The summed E-state index contributed by atoms with van der Waals surface area (Å²) in [5, 5.41) is 5.42. The van der Waals surface area contributed by atoms with E-state index in [1.54, 1.807) is 18.2 Å². The Morgan fingerprint density at radius 2 is 2.20 bits per heavy atom. The Labute approximate surface area is 124 Å². The average molecular weight is 338 g/mol. The third-order valence-electron chi connectivity index (χ3n) is 2.56. The van der Waals surface area contributed by atoms with E-state index in [1.165, 1.54) is 12.3 Å². The summed E-state index contributed by atoms with van der Waals surface area (Å²) in [6.45, 7) is 2.36. The van der Waals surface area contributed by atoms with Crippen LogP contribution in [-0.2, 0) is 0 Å². The molecule has 6 heteroatoms. The van der Waals surface area contributed by atoms with Crippen LogP contribution >= 0.6 is 15.9 Å². The number of hydrogen-bond acceptors (Lipinski definition) is 3. The molecule has 0 aliphatic heterocycles. The van der Waals surface area contributed by atoms with E-state index in [1.807, 2.05) is 13.0 Å². The zero-order chi connectivity index (χ0) is 14.5. The van der Waals surface area contributed by atoms with Crippen LogP contribution in [0.15, 0.2) is 41.0 Å². The van der Waals surface area contributed by atoms with Gasteiger partial charge in [-0.2, -0.15) is 0 Å². The molecule has 0 aliphatic carbocycles. The monoisotopic (exact) mass is 337 g/mol. The lowest BCUT2D eigenvalue weighted by atomic mass is 10.2. The topological polar surface area (TPSA) is 54.0 Å². The minimum absolute atomic E-state index is 0.0454. The van der Waals surface area contributed by atoms with Crippen molar-refractivity contribution in [1.29, 1.82) is 0 Å². The lowest BCUT2D eigenvalue weighted by molar-refractivity contribution is 0.102. The fourth-order valence-electron chi connectivity index (χ4n) is 1.67. The number of carbonyl (C=O) groups excluding carboxylic acids is 1. The van der Waals surface area contributed by atoms with Gasteiger partial charge in [0.15, 0.2) is 11.6 Å². The molecule has 4 nitrogen and oxygen atoms in total. The highest BCUT2D eigenvalue weighted by molar-refractivity contribution is 9.10. The SMILES string of the molecule is CCNc1nccc(C(=O)Nc2cccc(Br)c2)c1F. The van der Waals surface area contributed by atoms with Gasteiger partial charge in [-0.25, -0.2) is 9.37 Å². The van der Waals surface area contributed by atoms with Gasteiger partial charge in [0.2, 0.25) is 0 Å². The predicted octanol–water partition coefficient (Wildman–Crippen LogP) is 3.67. The number of pyridine rings is 1. The maximum atomic E-state index is 14.1. The van der Waals surface area contributed by atoms with Crippen molar-refractivity contribution in [2.45, 2.75) is 6.92 Å². The minimum atomic E-state index is -0.651. The van der Waals surface area contributed by atoms with E-state index in [9.17, 15) is 9.18 Å². The van der Waals surface area contributed by atoms with Crippen molar-refractivity contribution in [3.05, 3.63) is 52.4 Å². The van der Waals surface area contributed by atoms with Crippen LogP contribution in [0.1, 0.15) is 17.3 Å². The highest BCUT2D eigenvalue weighted by Gasteiger charge is 2.15. The molecular weight excluding hydrogens is 325 g/mol. The second-order valence-corrected chi connectivity index (χ2v) is 4.93. The first-order chi connectivity index (χ1) is 9.61. The number of nitrogens with zero attached hydrogens (tertiary/aromatic N) is 1. The van der Waals surface area contributed by atoms with Crippen molar-refractivity contribution in [3.63, 3.8) is 0 Å². The summed E-state index contributed by atoms with van der Waals surface area (Å²) in [4.78, 5) is 15.9. The fourth-order valence-corrected chi connectivity index (χ4v) is 2.07. The van der Waals surface area contributed by atoms with E-state index in [0.29, 0.717) is 12.2 Å². The summed E-state index contributed by atoms with van der Waals surface area (Å²) in [6, 6.07) is 8.44. The summed E-state index contributed by atoms with van der Waals surface area (Å²) in [5.74, 6) is -1.08. The van der Waals surface area contributed by atoms with Crippen LogP contribution in [0.3, 0.4) is 0 Å². The van der Waals surface area contributed by atoms with Crippen molar-refractivity contribution >= 4 is 33.3 Å². The molecule has 0 saturated carbocycles. The lowest BCUT2D eigenvalue weighted by Gasteiger charge is -2.09.